The van der Waals surface area contributed by atoms with Crippen LogP contribution in [-0.4, -0.2) is 74.5 Å². The third kappa shape index (κ3) is 12.9. The number of carbonyl (C=O) groups is 4. The Morgan fingerprint density at radius 2 is 1.66 bits per heavy atom. The van der Waals surface area contributed by atoms with Gasteiger partial charge in [-0.05, 0) is 54.2 Å². The number of amides is 4. The highest BCUT2D eigenvalue weighted by molar-refractivity contribution is 5.91. The number of benzene rings is 2. The van der Waals surface area contributed by atoms with Crippen molar-refractivity contribution in [3.8, 4) is 5.75 Å². The van der Waals surface area contributed by atoms with Crippen LogP contribution in [0.1, 0.15) is 90.4 Å². The lowest BCUT2D eigenvalue weighted by Gasteiger charge is -2.34. The highest BCUT2D eigenvalue weighted by atomic mass is 16.5. The van der Waals surface area contributed by atoms with Gasteiger partial charge >= 0.3 is 0 Å². The van der Waals surface area contributed by atoms with Crippen LogP contribution in [0.3, 0.4) is 0 Å². The van der Waals surface area contributed by atoms with E-state index >= 15 is 0 Å². The topological polar surface area (TPSA) is 187 Å². The summed E-state index contributed by atoms with van der Waals surface area (Å²) in [4.78, 5) is 66.5. The second kappa shape index (κ2) is 22.0. The number of hydrogen-bond acceptors (Lipinski definition) is 8. The largest absolute Gasteiger partial charge is 0.483 e. The van der Waals surface area contributed by atoms with Gasteiger partial charge in [0.1, 0.15) is 17.8 Å². The van der Waals surface area contributed by atoms with Gasteiger partial charge in [0.25, 0.3) is 5.91 Å². The fraction of sp³-hybridized carbons (Fsp3) is 0.511. The minimum atomic E-state index is -1.08. The minimum Gasteiger partial charge on any atom is -0.483 e. The number of carbonyl (C=O) groups excluding carboxylic acids is 4. The van der Waals surface area contributed by atoms with Crippen molar-refractivity contribution >= 4 is 34.4 Å². The summed E-state index contributed by atoms with van der Waals surface area (Å²) in [5.41, 5.74) is 1.36. The molecule has 1 aliphatic rings. The van der Waals surface area contributed by atoms with Crippen molar-refractivity contribution in [2.45, 2.75) is 116 Å². The first-order valence-electron chi connectivity index (χ1n) is 20.9. The van der Waals surface area contributed by atoms with E-state index < -0.39 is 42.0 Å². The summed E-state index contributed by atoms with van der Waals surface area (Å²) in [6.45, 7) is 7.66. The molecule has 0 radical (unpaired) electrons. The van der Waals surface area contributed by atoms with Gasteiger partial charge in [0.05, 0.1) is 30.7 Å². The number of rotatable bonds is 21. The van der Waals surface area contributed by atoms with Crippen molar-refractivity contribution in [3.63, 3.8) is 0 Å². The Morgan fingerprint density at radius 3 is 2.36 bits per heavy atom. The molecule has 0 bridgehead atoms. The molecule has 1 saturated carbocycles. The van der Waals surface area contributed by atoms with E-state index in [4.69, 9.17) is 4.74 Å². The number of aliphatic hydroxyl groups is 1. The van der Waals surface area contributed by atoms with Gasteiger partial charge in [0.15, 0.2) is 6.61 Å². The zero-order valence-electron chi connectivity index (χ0n) is 34.3. The van der Waals surface area contributed by atoms with Crippen LogP contribution >= 0.6 is 0 Å². The van der Waals surface area contributed by atoms with Crippen LogP contribution in [0.5, 0.6) is 5.75 Å². The van der Waals surface area contributed by atoms with Crippen molar-refractivity contribution in [2.75, 3.05) is 6.61 Å². The van der Waals surface area contributed by atoms with Gasteiger partial charge in [-0.25, -0.2) is 4.98 Å². The molecule has 6 N–H and O–H groups in total. The van der Waals surface area contributed by atoms with Crippen LogP contribution in [0.2, 0.25) is 0 Å². The van der Waals surface area contributed by atoms with Crippen LogP contribution in [0, 0.1) is 23.7 Å². The lowest BCUT2D eigenvalue weighted by atomic mass is 9.81. The number of nitrogens with one attached hydrogen (secondary N) is 5. The summed E-state index contributed by atoms with van der Waals surface area (Å²) in [6.07, 6.45) is 10.4. The first kappa shape index (κ1) is 43.8. The molecule has 4 aromatic rings. The third-order valence-electron chi connectivity index (χ3n) is 11.4. The molecule has 0 aliphatic heterocycles. The number of fused-ring (bicyclic) bond motifs is 1. The highest BCUT2D eigenvalue weighted by Gasteiger charge is 2.36. The van der Waals surface area contributed by atoms with Gasteiger partial charge in [0, 0.05) is 35.8 Å². The molecule has 312 valence electrons. The molecule has 2 heterocycles. The molecule has 0 unspecified atom stereocenters. The Balaban J connectivity index is 1.29. The second-order valence-electron chi connectivity index (χ2n) is 16.1. The molecular formula is C45H61N7O6. The fourth-order valence-electron chi connectivity index (χ4n) is 7.76. The molecule has 2 aromatic heterocycles. The van der Waals surface area contributed by atoms with Gasteiger partial charge in [-0.15, -0.1) is 0 Å². The van der Waals surface area contributed by atoms with Gasteiger partial charge in [-0.3, -0.25) is 24.2 Å². The maximum absolute atomic E-state index is 14.2. The average molecular weight is 796 g/mol. The van der Waals surface area contributed by atoms with E-state index in [1.165, 1.54) is 6.33 Å². The zero-order valence-corrected chi connectivity index (χ0v) is 34.3. The Hall–Kier alpha value is -5.30. The normalized spacial score (nSPS) is 16.4. The molecule has 13 heteroatoms. The monoisotopic (exact) mass is 795 g/mol. The van der Waals surface area contributed by atoms with Crippen LogP contribution in [0.25, 0.3) is 10.8 Å². The Kier molecular flexibility index (Phi) is 16.6. The smallest absolute Gasteiger partial charge is 0.258 e. The Morgan fingerprint density at radius 1 is 0.897 bits per heavy atom. The second-order valence-corrected chi connectivity index (χ2v) is 16.1. The van der Waals surface area contributed by atoms with Crippen molar-refractivity contribution in [2.24, 2.45) is 23.7 Å². The van der Waals surface area contributed by atoms with Crippen molar-refractivity contribution in [1.82, 2.24) is 36.2 Å². The summed E-state index contributed by atoms with van der Waals surface area (Å²) in [7, 11) is 0. The average Bonchev–Trinajstić information content (AvgIpc) is 3.76. The van der Waals surface area contributed by atoms with Crippen molar-refractivity contribution in [1.29, 1.82) is 0 Å². The molecule has 13 nitrogen and oxygen atoms in total. The maximum atomic E-state index is 14.2. The molecule has 58 heavy (non-hydrogen) atoms. The molecule has 5 rings (SSSR count). The van der Waals surface area contributed by atoms with E-state index in [9.17, 15) is 24.3 Å². The first-order valence-corrected chi connectivity index (χ1v) is 20.9. The predicted octanol–water partition coefficient (Wildman–Crippen LogP) is 5.39. The van der Waals surface area contributed by atoms with Gasteiger partial charge < -0.3 is 36.1 Å². The Labute approximate surface area is 341 Å². The third-order valence-corrected chi connectivity index (χ3v) is 11.4. The molecule has 6 atom stereocenters. The maximum Gasteiger partial charge on any atom is 0.258 e. The molecule has 0 saturated heterocycles. The number of aliphatic hydroxyl groups excluding tert-OH is 1. The van der Waals surface area contributed by atoms with Gasteiger partial charge in [0.2, 0.25) is 17.7 Å². The zero-order chi connectivity index (χ0) is 41.4. The summed E-state index contributed by atoms with van der Waals surface area (Å²) < 4.78 is 5.93. The summed E-state index contributed by atoms with van der Waals surface area (Å²) in [5.74, 6) is -1.70. The van der Waals surface area contributed by atoms with Crippen LogP contribution in [0.15, 0.2) is 79.4 Å². The van der Waals surface area contributed by atoms with Crippen molar-refractivity contribution in [3.05, 3.63) is 90.8 Å². The van der Waals surface area contributed by atoms with Crippen molar-refractivity contribution < 1.29 is 29.0 Å². The van der Waals surface area contributed by atoms with Crippen LogP contribution < -0.4 is 26.0 Å². The number of ether oxygens (including phenoxy) is 1. The predicted molar refractivity (Wildman–Crippen MR) is 223 cm³/mol. The van der Waals surface area contributed by atoms with Crippen LogP contribution in [-0.2, 0) is 32.1 Å². The number of nitrogens with zero attached hydrogens (tertiary/aromatic N) is 2. The quantitative estimate of drug-likeness (QED) is 0.0648. The molecule has 1 fully saturated rings. The van der Waals surface area contributed by atoms with E-state index in [1.54, 1.807) is 24.5 Å². The fourth-order valence-corrected chi connectivity index (χ4v) is 7.76. The molecule has 0 spiro atoms. The first-order chi connectivity index (χ1) is 28.0. The lowest BCUT2D eigenvalue weighted by Crippen LogP contribution is -2.55. The lowest BCUT2D eigenvalue weighted by molar-refractivity contribution is -0.134. The summed E-state index contributed by atoms with van der Waals surface area (Å²) in [6, 6.07) is 16.4. The van der Waals surface area contributed by atoms with E-state index in [0.717, 1.165) is 42.9 Å². The summed E-state index contributed by atoms with van der Waals surface area (Å²) >= 11 is 0. The van der Waals surface area contributed by atoms with E-state index in [2.05, 4.69) is 36.2 Å². The number of pyridine rings is 1. The molecule has 4 amide bonds. The van der Waals surface area contributed by atoms with E-state index in [0.29, 0.717) is 30.0 Å². The molecule has 2 aromatic carbocycles. The molecular weight excluding hydrogens is 735 g/mol. The highest BCUT2D eigenvalue weighted by Crippen LogP contribution is 2.30. The SMILES string of the molecule is CC[C@H](C)[C@H](NC(=O)[C@@H](C[C@H](O)[C@H](CC1CCCCC1)NC(=O)[C@H](Cc1cnc[nH]1)NC(=O)COc1cccc2ccccc12)C(C)C)C(=O)NCc1ccccn1. The van der Waals surface area contributed by atoms with Gasteiger partial charge in [-0.2, -0.15) is 0 Å². The van der Waals surface area contributed by atoms with Crippen LogP contribution in [0.4, 0.5) is 0 Å². The number of hydrogen-bond donors (Lipinski definition) is 6. The Bertz CT molecular complexity index is 1890. The standard InChI is InChI=1S/C45H61N7O6/c1-5-30(4)42(45(57)48-26-33-18-11-12-21-47-33)52-43(55)36(29(2)3)24-39(53)37(22-31-14-7-6-8-15-31)51-44(56)38(23-34-25-46-28-49-34)50-41(54)27-58-40-20-13-17-32-16-9-10-19-35(32)40/h9-13,16-21,25,28-31,36-39,42,53H,5-8,14-15,22-24,26-27H2,1-4H3,(H,46,49)(H,48,57)(H,50,54)(H,51,56)(H,52,55)/t30-,36-,37-,38-,39-,42-/m0/s1. The number of aromatic nitrogens is 3. The van der Waals surface area contributed by atoms with E-state index in [1.807, 2.05) is 76.2 Å². The minimum absolute atomic E-state index is 0.0698. The number of H-pyrrole nitrogens is 1. The van der Waals surface area contributed by atoms with E-state index in [-0.39, 0.29) is 55.6 Å². The number of imidazole rings is 1. The summed E-state index contributed by atoms with van der Waals surface area (Å²) in [5, 5.41) is 25.7. The van der Waals surface area contributed by atoms with Gasteiger partial charge in [-0.1, -0.05) is 109 Å². The number of aromatic amines is 1. The molecule has 1 aliphatic carbocycles.